The van der Waals surface area contributed by atoms with Crippen molar-refractivity contribution in [2.45, 2.75) is 83.0 Å². The maximum atomic E-state index is 14.0. The summed E-state index contributed by atoms with van der Waals surface area (Å²) in [5.74, 6) is 1.45. The first-order chi connectivity index (χ1) is 30.4. The Labute approximate surface area is 365 Å². The molecular formula is C49H53N8O6+. The van der Waals surface area contributed by atoms with Gasteiger partial charge in [0.2, 0.25) is 11.9 Å². The molecule has 4 N–H and O–H groups in total. The molecule has 324 valence electrons. The summed E-state index contributed by atoms with van der Waals surface area (Å²) in [4.78, 5) is 70.9. The number of hydrogen-bond donors (Lipinski definition) is 4. The number of H-pyrrole nitrogens is 2. The van der Waals surface area contributed by atoms with E-state index in [1.54, 1.807) is 0 Å². The second kappa shape index (κ2) is 15.7. The van der Waals surface area contributed by atoms with Crippen LogP contribution in [0.3, 0.4) is 0 Å². The van der Waals surface area contributed by atoms with Gasteiger partial charge in [-0.1, -0.05) is 69.0 Å². The summed E-state index contributed by atoms with van der Waals surface area (Å²) in [6.45, 7) is 8.90. The van der Waals surface area contributed by atoms with Crippen LogP contribution in [0.1, 0.15) is 82.5 Å². The molecular weight excluding hydrogens is 797 g/mol. The van der Waals surface area contributed by atoms with Crippen LogP contribution in [0.5, 0.6) is 0 Å². The van der Waals surface area contributed by atoms with Crippen LogP contribution in [-0.4, -0.2) is 92.0 Å². The Morgan fingerprint density at radius 3 is 2.08 bits per heavy atom. The van der Waals surface area contributed by atoms with Crippen LogP contribution < -0.4 is 10.6 Å². The number of nitrogens with one attached hydrogen (secondary N) is 4. The van der Waals surface area contributed by atoms with Crippen LogP contribution >= 0.6 is 0 Å². The van der Waals surface area contributed by atoms with Gasteiger partial charge in [0.1, 0.15) is 17.9 Å². The van der Waals surface area contributed by atoms with Crippen LogP contribution in [0.25, 0.3) is 44.4 Å². The number of benzene rings is 3. The molecule has 2 aromatic heterocycles. The van der Waals surface area contributed by atoms with Gasteiger partial charge >= 0.3 is 18.1 Å². The van der Waals surface area contributed by atoms with Gasteiger partial charge in [-0.05, 0) is 89.1 Å². The van der Waals surface area contributed by atoms with E-state index in [4.69, 9.17) is 19.4 Å². The lowest BCUT2D eigenvalue weighted by Gasteiger charge is -2.28. The van der Waals surface area contributed by atoms with E-state index < -0.39 is 30.3 Å². The van der Waals surface area contributed by atoms with E-state index in [0.29, 0.717) is 12.4 Å². The highest BCUT2D eigenvalue weighted by Gasteiger charge is 2.59. The molecule has 3 aromatic carbocycles. The number of hydrogen-bond acceptors (Lipinski definition) is 8. The average molecular weight is 850 g/mol. The van der Waals surface area contributed by atoms with Crippen molar-refractivity contribution in [2.75, 3.05) is 20.8 Å². The number of alkyl carbamates (subject to hydrolysis) is 2. The normalized spacial score (nSPS) is 21.9. The zero-order valence-corrected chi connectivity index (χ0v) is 36.1. The molecule has 14 nitrogen and oxygen atoms in total. The van der Waals surface area contributed by atoms with Crippen LogP contribution in [-0.2, 0) is 19.1 Å². The number of ether oxygens (including phenoxy) is 2. The third kappa shape index (κ3) is 7.28. The van der Waals surface area contributed by atoms with Crippen molar-refractivity contribution in [3.05, 3.63) is 96.9 Å². The summed E-state index contributed by atoms with van der Waals surface area (Å²) in [5.41, 5.74) is 7.88. The number of fused-ring (bicyclic) bond motifs is 3. The number of aromatic amines is 2. The Morgan fingerprint density at radius 1 is 0.810 bits per heavy atom. The summed E-state index contributed by atoms with van der Waals surface area (Å²) < 4.78 is 11.6. The maximum absolute atomic E-state index is 14.0. The molecule has 2 aliphatic heterocycles. The SMILES string of the molecule is C=C1C(c2ncc(-c3ccc(-c4ccc5cc(-c6cnc(C7C8CCC(=[N+]7C(=O)C(NC(=O)OC)C(C)C)C8)[nH]6)ccc5c4)cc3)[nH]2)N(C(=O)C(NC(=O)OC)C2CC2)CC12CC2. The molecule has 1 spiro atoms. The fourth-order valence-corrected chi connectivity index (χ4v) is 10.3. The topological polar surface area (TPSA) is 174 Å². The number of methoxy groups -OCH3 is 2. The lowest BCUT2D eigenvalue weighted by atomic mass is 9.96. The van der Waals surface area contributed by atoms with Crippen molar-refractivity contribution in [1.82, 2.24) is 35.5 Å². The second-order valence-electron chi connectivity index (χ2n) is 18.4. The number of imidazole rings is 2. The van der Waals surface area contributed by atoms with Crippen molar-refractivity contribution in [2.24, 2.45) is 23.2 Å². The Hall–Kier alpha value is -6.57. The molecule has 0 radical (unpaired) electrons. The molecule has 5 unspecified atom stereocenters. The molecule has 5 atom stereocenters. The molecule has 5 aliphatic rings. The highest BCUT2D eigenvalue weighted by Crippen LogP contribution is 2.61. The van der Waals surface area contributed by atoms with Gasteiger partial charge in [0.05, 0.1) is 38.0 Å². The summed E-state index contributed by atoms with van der Waals surface area (Å²) in [6, 6.07) is 19.3. The minimum absolute atomic E-state index is 0.0944. The number of carbonyl (C=O) groups is 4. The zero-order chi connectivity index (χ0) is 43.7. The van der Waals surface area contributed by atoms with Crippen molar-refractivity contribution in [3.8, 4) is 33.6 Å². The number of carbonyl (C=O) groups excluding carboxylic acids is 4. The summed E-state index contributed by atoms with van der Waals surface area (Å²) in [7, 11) is 2.62. The molecule has 4 heterocycles. The Morgan fingerprint density at radius 2 is 1.41 bits per heavy atom. The average Bonchev–Trinajstić information content (AvgIpc) is 3.94. The monoisotopic (exact) mass is 849 g/mol. The van der Waals surface area contributed by atoms with E-state index in [1.165, 1.54) is 14.2 Å². The smallest absolute Gasteiger partial charge is 0.410 e. The quantitative estimate of drug-likeness (QED) is 0.0768. The van der Waals surface area contributed by atoms with Gasteiger partial charge in [-0.25, -0.2) is 24.4 Å². The van der Waals surface area contributed by atoms with E-state index in [2.05, 4.69) is 87.8 Å². The molecule has 3 aliphatic carbocycles. The van der Waals surface area contributed by atoms with Crippen LogP contribution in [0, 0.1) is 23.2 Å². The Bertz CT molecular complexity index is 2710. The first-order valence-corrected chi connectivity index (χ1v) is 22.1. The predicted octanol–water partition coefficient (Wildman–Crippen LogP) is 7.86. The maximum Gasteiger partial charge on any atom is 0.410 e. The summed E-state index contributed by atoms with van der Waals surface area (Å²) in [5, 5.41) is 7.75. The minimum atomic E-state index is -0.705. The van der Waals surface area contributed by atoms with Crippen molar-refractivity contribution in [1.29, 1.82) is 0 Å². The Kier molecular flexibility index (Phi) is 10.1. The first-order valence-electron chi connectivity index (χ1n) is 22.1. The van der Waals surface area contributed by atoms with Crippen molar-refractivity contribution in [3.63, 3.8) is 0 Å². The molecule has 2 bridgehead atoms. The highest BCUT2D eigenvalue weighted by atomic mass is 16.5. The molecule has 63 heavy (non-hydrogen) atoms. The van der Waals surface area contributed by atoms with Gasteiger partial charge in [0, 0.05) is 36.3 Å². The van der Waals surface area contributed by atoms with Gasteiger partial charge < -0.3 is 35.0 Å². The van der Waals surface area contributed by atoms with E-state index in [9.17, 15) is 19.2 Å². The van der Waals surface area contributed by atoms with Gasteiger partial charge in [0.25, 0.3) is 0 Å². The van der Waals surface area contributed by atoms with Crippen molar-refractivity contribution < 1.29 is 33.2 Å². The van der Waals surface area contributed by atoms with Crippen molar-refractivity contribution >= 4 is 40.5 Å². The fraction of sp³-hybridized carbons (Fsp3) is 0.408. The fourth-order valence-electron chi connectivity index (χ4n) is 10.3. The van der Waals surface area contributed by atoms with Gasteiger partial charge in [-0.15, -0.1) is 0 Å². The number of nitrogens with zero attached hydrogens (tertiary/aromatic N) is 4. The lowest BCUT2D eigenvalue weighted by Crippen LogP contribution is -2.50. The van der Waals surface area contributed by atoms with Gasteiger partial charge in [0.15, 0.2) is 17.6 Å². The predicted molar refractivity (Wildman–Crippen MR) is 236 cm³/mol. The molecule has 14 heteroatoms. The van der Waals surface area contributed by atoms with E-state index in [0.717, 1.165) is 106 Å². The lowest BCUT2D eigenvalue weighted by molar-refractivity contribution is -0.502. The van der Waals surface area contributed by atoms with Crippen LogP contribution in [0.15, 0.2) is 85.2 Å². The van der Waals surface area contributed by atoms with E-state index in [-0.39, 0.29) is 41.0 Å². The third-order valence-corrected chi connectivity index (χ3v) is 14.2. The molecule has 4 amide bonds. The number of amides is 4. The van der Waals surface area contributed by atoms with Gasteiger partial charge in [-0.3, -0.25) is 4.79 Å². The molecule has 1 saturated heterocycles. The van der Waals surface area contributed by atoms with Gasteiger partial charge in [-0.2, -0.15) is 4.58 Å². The molecule has 10 rings (SSSR count). The van der Waals surface area contributed by atoms with E-state index >= 15 is 0 Å². The van der Waals surface area contributed by atoms with Crippen LogP contribution in [0.2, 0.25) is 0 Å². The standard InChI is InChI=1S/C49H52N8O6/c1-26(2)39(54-47(60)62-4)46(59)57-36-17-16-35(22-36)42(57)44-51-24-38(53-44)34-15-14-32-20-31(12-13-33(32)21-34)28-6-8-29(9-7-28)37-23-50-43(52-37)41-27(3)49(18-19-49)25-56(41)45(58)40(30-10-11-30)55-48(61)63-5/h6-9,12-15,20-21,23-24,26,30,35,39-42H,3,10-11,16-19,22,25H2,1-2,4-5H3,(H3-,50,51,52,53,54,55,60,61)/p+1. The minimum Gasteiger partial charge on any atom is -0.453 e. The highest BCUT2D eigenvalue weighted by molar-refractivity contribution is 5.93. The molecule has 5 aromatic rings. The van der Waals surface area contributed by atoms with E-state index in [1.807, 2.05) is 35.7 Å². The van der Waals surface area contributed by atoms with Crippen LogP contribution in [0.4, 0.5) is 9.59 Å². The first kappa shape index (κ1) is 40.5. The largest absolute Gasteiger partial charge is 0.453 e. The third-order valence-electron chi connectivity index (χ3n) is 14.2. The number of rotatable bonds is 11. The number of aromatic nitrogens is 4. The zero-order valence-electron chi connectivity index (χ0n) is 36.1. The Balaban J connectivity index is 0.844. The molecule has 4 fully saturated rings. The number of likely N-dealkylation sites (tertiary alicyclic amines) is 1. The summed E-state index contributed by atoms with van der Waals surface area (Å²) >= 11 is 0. The molecule has 3 saturated carbocycles. The summed E-state index contributed by atoms with van der Waals surface area (Å²) in [6.07, 6.45) is 8.94. The second-order valence-corrected chi connectivity index (χ2v) is 18.4.